The van der Waals surface area contributed by atoms with Gasteiger partial charge in [-0.2, -0.15) is 0 Å². The van der Waals surface area contributed by atoms with Crippen LogP contribution < -0.4 is 0 Å². The molecule has 0 aromatic carbocycles. The van der Waals surface area contributed by atoms with E-state index < -0.39 is 0 Å². The summed E-state index contributed by atoms with van der Waals surface area (Å²) in [6, 6.07) is 0. The molecule has 0 bridgehead atoms. The minimum absolute atomic E-state index is 0.0229. The highest BCUT2D eigenvalue weighted by molar-refractivity contribution is 5.04. The lowest BCUT2D eigenvalue weighted by atomic mass is 9.86. The molecule has 0 unspecified atom stereocenters. The van der Waals surface area contributed by atoms with Gasteiger partial charge in [-0.1, -0.05) is 31.4 Å². The lowest BCUT2D eigenvalue weighted by Crippen LogP contribution is -2.35. The predicted octanol–water partition coefficient (Wildman–Crippen LogP) is 4.47. The third-order valence-corrected chi connectivity index (χ3v) is 4.13. The molecule has 1 nitrogen and oxygen atoms in total. The smallest absolute Gasteiger partial charge is 0.0838 e. The van der Waals surface area contributed by atoms with Crippen LogP contribution in [0, 0.1) is 5.92 Å². The maximum atomic E-state index is 6.08. The van der Waals surface area contributed by atoms with E-state index in [9.17, 15) is 0 Å². The van der Waals surface area contributed by atoms with Crippen molar-refractivity contribution in [2.75, 3.05) is 0 Å². The fraction of sp³-hybridized carbons (Fsp3) is 0.867. The third kappa shape index (κ3) is 3.35. The van der Waals surface area contributed by atoms with Crippen molar-refractivity contribution in [3.05, 3.63) is 12.2 Å². The van der Waals surface area contributed by atoms with E-state index >= 15 is 0 Å². The van der Waals surface area contributed by atoms with Crippen molar-refractivity contribution in [3.63, 3.8) is 0 Å². The van der Waals surface area contributed by atoms with E-state index in [4.69, 9.17) is 4.74 Å². The molecule has 1 aliphatic carbocycles. The summed E-state index contributed by atoms with van der Waals surface area (Å²) >= 11 is 0. The van der Waals surface area contributed by atoms with Gasteiger partial charge < -0.3 is 4.74 Å². The van der Waals surface area contributed by atoms with Gasteiger partial charge in [-0.3, -0.25) is 0 Å². The van der Waals surface area contributed by atoms with Crippen LogP contribution in [-0.2, 0) is 4.74 Å². The number of ether oxygens (including phenoxy) is 1. The molecule has 2 atom stereocenters. The number of hydrogen-bond acceptors (Lipinski definition) is 1. The van der Waals surface area contributed by atoms with Crippen LogP contribution in [0.4, 0.5) is 0 Å². The van der Waals surface area contributed by atoms with Gasteiger partial charge in [0.2, 0.25) is 0 Å². The molecule has 1 heteroatoms. The molecule has 0 N–H and O–H groups in total. The summed E-state index contributed by atoms with van der Waals surface area (Å²) in [5, 5.41) is 0. The van der Waals surface area contributed by atoms with Crippen molar-refractivity contribution in [2.45, 2.75) is 76.9 Å². The first kappa shape index (κ1) is 12.2. The molecule has 0 aromatic heterocycles. The Labute approximate surface area is 100 Å². The summed E-state index contributed by atoms with van der Waals surface area (Å²) in [6.07, 6.45) is 16.0. The van der Waals surface area contributed by atoms with E-state index in [0.717, 1.165) is 5.92 Å². The highest BCUT2D eigenvalue weighted by Gasteiger charge is 2.28. The summed E-state index contributed by atoms with van der Waals surface area (Å²) in [4.78, 5) is 0. The third-order valence-electron chi connectivity index (χ3n) is 4.13. The second-order valence-corrected chi connectivity index (χ2v) is 5.89. The van der Waals surface area contributed by atoms with Gasteiger partial charge in [-0.15, -0.1) is 0 Å². The summed E-state index contributed by atoms with van der Waals surface area (Å²) in [6.45, 7) is 4.45. The zero-order valence-electron chi connectivity index (χ0n) is 10.9. The van der Waals surface area contributed by atoms with Crippen molar-refractivity contribution in [2.24, 2.45) is 5.92 Å². The van der Waals surface area contributed by atoms with Crippen molar-refractivity contribution < 1.29 is 4.74 Å². The molecule has 16 heavy (non-hydrogen) atoms. The van der Waals surface area contributed by atoms with Gasteiger partial charge in [0.05, 0.1) is 11.7 Å². The van der Waals surface area contributed by atoms with Crippen molar-refractivity contribution >= 4 is 0 Å². The van der Waals surface area contributed by atoms with Crippen molar-refractivity contribution in [1.82, 2.24) is 0 Å². The second kappa shape index (κ2) is 5.35. The summed E-state index contributed by atoms with van der Waals surface area (Å²) in [5.74, 6) is 0.825. The Morgan fingerprint density at radius 3 is 2.50 bits per heavy atom. The Kier molecular flexibility index (Phi) is 4.07. The van der Waals surface area contributed by atoms with Crippen LogP contribution >= 0.6 is 0 Å². The minimum atomic E-state index is 0.0229. The first-order valence-corrected chi connectivity index (χ1v) is 7.05. The Morgan fingerprint density at radius 1 is 1.06 bits per heavy atom. The molecule has 2 aliphatic rings. The molecule has 0 spiro atoms. The van der Waals surface area contributed by atoms with Gasteiger partial charge in [0, 0.05) is 0 Å². The molecule has 1 saturated heterocycles. The first-order chi connectivity index (χ1) is 7.68. The van der Waals surface area contributed by atoms with Gasteiger partial charge in [0.1, 0.15) is 0 Å². The Morgan fingerprint density at radius 2 is 1.81 bits per heavy atom. The topological polar surface area (TPSA) is 9.23 Å². The van der Waals surface area contributed by atoms with Crippen molar-refractivity contribution in [1.29, 1.82) is 0 Å². The number of rotatable bonds is 2. The van der Waals surface area contributed by atoms with Crippen LogP contribution in [0.15, 0.2) is 12.2 Å². The molecule has 1 saturated carbocycles. The maximum absolute atomic E-state index is 6.08. The van der Waals surface area contributed by atoms with Crippen LogP contribution in [0.5, 0.6) is 0 Å². The number of allylic oxidation sites excluding steroid dienone is 1. The van der Waals surface area contributed by atoms with Crippen molar-refractivity contribution in [3.8, 4) is 0 Å². The van der Waals surface area contributed by atoms with Crippen LogP contribution in [0.1, 0.15) is 65.2 Å². The highest BCUT2D eigenvalue weighted by Crippen LogP contribution is 2.31. The standard InChI is InChI=1S/C15H26O/c1-13-7-6-11-15(2,16-13)12-10-14-8-4-3-5-9-14/h10,12-14H,3-9,11H2,1-2H3/b12-10+/t13-,15-/m0/s1. The predicted molar refractivity (Wildman–Crippen MR) is 68.5 cm³/mol. The molecule has 92 valence electrons. The molecule has 0 radical (unpaired) electrons. The van der Waals surface area contributed by atoms with Gasteiger partial charge >= 0.3 is 0 Å². The molecule has 2 rings (SSSR count). The van der Waals surface area contributed by atoms with E-state index in [1.807, 2.05) is 0 Å². The Hall–Kier alpha value is -0.300. The van der Waals surface area contributed by atoms with Gasteiger partial charge in [0.15, 0.2) is 0 Å². The van der Waals surface area contributed by atoms with Crippen LogP contribution in [0.3, 0.4) is 0 Å². The van der Waals surface area contributed by atoms with E-state index in [2.05, 4.69) is 26.0 Å². The van der Waals surface area contributed by atoms with E-state index in [1.165, 1.54) is 51.4 Å². The van der Waals surface area contributed by atoms with Crippen LogP contribution in [-0.4, -0.2) is 11.7 Å². The first-order valence-electron chi connectivity index (χ1n) is 7.05. The average molecular weight is 222 g/mol. The van der Waals surface area contributed by atoms with E-state index in [1.54, 1.807) is 0 Å². The number of hydrogen-bond donors (Lipinski definition) is 0. The molecule has 0 amide bonds. The summed E-state index contributed by atoms with van der Waals surface area (Å²) in [7, 11) is 0. The molecule has 1 aliphatic heterocycles. The zero-order valence-corrected chi connectivity index (χ0v) is 10.9. The minimum Gasteiger partial charge on any atom is -0.368 e. The average Bonchev–Trinajstić information content (AvgIpc) is 2.28. The molecular formula is C15H26O. The molecular weight excluding hydrogens is 196 g/mol. The fourth-order valence-corrected chi connectivity index (χ4v) is 3.11. The highest BCUT2D eigenvalue weighted by atomic mass is 16.5. The van der Waals surface area contributed by atoms with E-state index in [0.29, 0.717) is 6.10 Å². The quantitative estimate of drug-likeness (QED) is 0.626. The van der Waals surface area contributed by atoms with Gasteiger partial charge in [-0.05, 0) is 51.9 Å². The molecule has 2 fully saturated rings. The Balaban J connectivity index is 1.88. The SMILES string of the molecule is C[C@H]1CCC[C@@](C)(/C=C/C2CCCCC2)O1. The molecule has 1 heterocycles. The normalized spacial score (nSPS) is 38.0. The van der Waals surface area contributed by atoms with E-state index in [-0.39, 0.29) is 5.60 Å². The maximum Gasteiger partial charge on any atom is 0.0838 e. The summed E-state index contributed by atoms with van der Waals surface area (Å²) < 4.78 is 6.08. The second-order valence-electron chi connectivity index (χ2n) is 5.89. The monoisotopic (exact) mass is 222 g/mol. The zero-order chi connectivity index (χ0) is 11.4. The lowest BCUT2D eigenvalue weighted by Gasteiger charge is -2.35. The Bertz CT molecular complexity index is 240. The summed E-state index contributed by atoms with van der Waals surface area (Å²) in [5.41, 5.74) is 0.0229. The molecule has 0 aromatic rings. The van der Waals surface area contributed by atoms with Crippen LogP contribution in [0.25, 0.3) is 0 Å². The lowest BCUT2D eigenvalue weighted by molar-refractivity contribution is -0.0797. The van der Waals surface area contributed by atoms with Gasteiger partial charge in [0.25, 0.3) is 0 Å². The fourth-order valence-electron chi connectivity index (χ4n) is 3.11. The van der Waals surface area contributed by atoms with Crippen LogP contribution in [0.2, 0.25) is 0 Å². The largest absolute Gasteiger partial charge is 0.368 e. The van der Waals surface area contributed by atoms with Gasteiger partial charge in [-0.25, -0.2) is 0 Å².